The van der Waals surface area contributed by atoms with E-state index in [9.17, 15) is 4.79 Å². The van der Waals surface area contributed by atoms with Crippen molar-refractivity contribution >= 4 is 16.8 Å². The summed E-state index contributed by atoms with van der Waals surface area (Å²) >= 11 is 0. The maximum Gasteiger partial charge on any atom is 0.270 e. The molecule has 4 aromatic rings. The maximum atomic E-state index is 13.2. The molecule has 2 aliphatic heterocycles. The molecule has 7 nitrogen and oxygen atoms in total. The van der Waals surface area contributed by atoms with E-state index in [-0.39, 0.29) is 5.91 Å². The van der Waals surface area contributed by atoms with Crippen LogP contribution >= 0.6 is 0 Å². The van der Waals surface area contributed by atoms with Crippen molar-refractivity contribution in [3.8, 4) is 11.4 Å². The van der Waals surface area contributed by atoms with E-state index in [1.54, 1.807) is 12.4 Å². The summed E-state index contributed by atoms with van der Waals surface area (Å²) in [6, 6.07) is 16.9. The predicted octanol–water partition coefficient (Wildman–Crippen LogP) is 3.53. The highest BCUT2D eigenvalue weighted by Gasteiger charge is 2.39. The number of benzene rings is 1. The second kappa shape index (κ2) is 8.08. The summed E-state index contributed by atoms with van der Waals surface area (Å²) in [6.45, 7) is 1.63. The summed E-state index contributed by atoms with van der Waals surface area (Å²) < 4.78 is 0. The van der Waals surface area contributed by atoms with E-state index < -0.39 is 0 Å². The van der Waals surface area contributed by atoms with E-state index in [4.69, 9.17) is 4.98 Å². The molecule has 33 heavy (non-hydrogen) atoms. The lowest BCUT2D eigenvalue weighted by Crippen LogP contribution is -2.53. The molecule has 166 valence electrons. The van der Waals surface area contributed by atoms with Crippen molar-refractivity contribution in [1.29, 1.82) is 0 Å². The number of amides is 1. The largest absolute Gasteiger partial charge is 0.351 e. The van der Waals surface area contributed by atoms with E-state index >= 15 is 0 Å². The van der Waals surface area contributed by atoms with Gasteiger partial charge in [0, 0.05) is 54.9 Å². The normalized spacial score (nSPS) is 20.5. The van der Waals surface area contributed by atoms with E-state index in [0.717, 1.165) is 46.8 Å². The number of likely N-dealkylation sites (tertiary alicyclic amines) is 1. The average molecular weight is 439 g/mol. The van der Waals surface area contributed by atoms with Gasteiger partial charge in [-0.15, -0.1) is 0 Å². The van der Waals surface area contributed by atoms with Crippen LogP contribution in [0.4, 0.5) is 0 Å². The minimum atomic E-state index is 0.101. The fraction of sp³-hybridized carbons (Fsp3) is 0.308. The SMILES string of the molecule is CN1[C@@H]2CC[C@H]1CN(C(=O)c1cc3cc(Cc4nccc(-c5ccccn5)n4)ccc3[nH]1)C2. The molecule has 2 fully saturated rings. The molecule has 6 rings (SSSR count). The van der Waals surface area contributed by atoms with Crippen LogP contribution in [-0.4, -0.2) is 67.9 Å². The fourth-order valence-corrected chi connectivity index (χ4v) is 5.18. The number of carbonyl (C=O) groups is 1. The van der Waals surface area contributed by atoms with Gasteiger partial charge in [0.2, 0.25) is 0 Å². The molecule has 0 radical (unpaired) electrons. The molecule has 1 N–H and O–H groups in total. The molecule has 1 aromatic carbocycles. The first-order valence-corrected chi connectivity index (χ1v) is 11.5. The van der Waals surface area contributed by atoms with Crippen LogP contribution in [-0.2, 0) is 6.42 Å². The van der Waals surface area contributed by atoms with Crippen LogP contribution in [0.1, 0.15) is 34.7 Å². The van der Waals surface area contributed by atoms with Crippen molar-refractivity contribution in [2.24, 2.45) is 0 Å². The number of H-pyrrole nitrogens is 1. The molecule has 1 amide bonds. The number of hydrogen-bond acceptors (Lipinski definition) is 5. The molecule has 3 aromatic heterocycles. The Morgan fingerprint density at radius 1 is 1.00 bits per heavy atom. The summed E-state index contributed by atoms with van der Waals surface area (Å²) in [5.41, 5.74) is 4.40. The van der Waals surface area contributed by atoms with Gasteiger partial charge in [-0.1, -0.05) is 12.1 Å². The van der Waals surface area contributed by atoms with Gasteiger partial charge in [-0.25, -0.2) is 9.97 Å². The summed E-state index contributed by atoms with van der Waals surface area (Å²) in [5, 5.41) is 1.04. The molecule has 2 atom stereocenters. The number of aromatic amines is 1. The second-order valence-corrected chi connectivity index (χ2v) is 9.12. The number of likely N-dealkylation sites (N-methyl/N-ethyl adjacent to an activating group) is 1. The highest BCUT2D eigenvalue weighted by Crippen LogP contribution is 2.29. The molecule has 0 spiro atoms. The number of nitrogens with zero attached hydrogens (tertiary/aromatic N) is 5. The molecule has 2 bridgehead atoms. The van der Waals surface area contributed by atoms with Gasteiger partial charge in [-0.2, -0.15) is 0 Å². The quantitative estimate of drug-likeness (QED) is 0.527. The molecular formula is C26H26N6O. The second-order valence-electron chi connectivity index (χ2n) is 9.12. The Kier molecular flexibility index (Phi) is 4.91. The summed E-state index contributed by atoms with van der Waals surface area (Å²) in [5.74, 6) is 0.849. The summed E-state index contributed by atoms with van der Waals surface area (Å²) in [4.78, 5) is 34.5. The Morgan fingerprint density at radius 3 is 2.64 bits per heavy atom. The van der Waals surface area contributed by atoms with Crippen molar-refractivity contribution in [3.05, 3.63) is 78.0 Å². The molecule has 0 saturated carbocycles. The van der Waals surface area contributed by atoms with Gasteiger partial charge in [0.1, 0.15) is 11.5 Å². The molecule has 5 heterocycles. The fourth-order valence-electron chi connectivity index (χ4n) is 5.18. The number of piperazine rings is 1. The first-order chi connectivity index (χ1) is 16.1. The molecule has 0 aliphatic carbocycles. The molecule has 0 unspecified atom stereocenters. The van der Waals surface area contributed by atoms with Gasteiger partial charge in [0.25, 0.3) is 5.91 Å². The van der Waals surface area contributed by atoms with E-state index in [1.165, 1.54) is 12.8 Å². The van der Waals surface area contributed by atoms with Crippen LogP contribution in [0.15, 0.2) is 60.9 Å². The van der Waals surface area contributed by atoms with Gasteiger partial charge >= 0.3 is 0 Å². The monoisotopic (exact) mass is 438 g/mol. The molecular weight excluding hydrogens is 412 g/mol. The third-order valence-electron chi connectivity index (χ3n) is 7.05. The van der Waals surface area contributed by atoms with Gasteiger partial charge in [0.15, 0.2) is 0 Å². The minimum Gasteiger partial charge on any atom is -0.351 e. The van der Waals surface area contributed by atoms with Gasteiger partial charge in [0.05, 0.1) is 11.4 Å². The summed E-state index contributed by atoms with van der Waals surface area (Å²) in [6.07, 6.45) is 6.53. The Labute approximate surface area is 192 Å². The van der Waals surface area contributed by atoms with Gasteiger partial charge < -0.3 is 9.88 Å². The van der Waals surface area contributed by atoms with Crippen LogP contribution in [0, 0.1) is 0 Å². The van der Waals surface area contributed by atoms with E-state index in [0.29, 0.717) is 24.2 Å². The first kappa shape index (κ1) is 20.1. The first-order valence-electron chi connectivity index (χ1n) is 11.5. The maximum absolute atomic E-state index is 13.2. The number of rotatable bonds is 4. The van der Waals surface area contributed by atoms with E-state index in [2.05, 4.69) is 39.0 Å². The van der Waals surface area contributed by atoms with E-state index in [1.807, 2.05) is 41.3 Å². The van der Waals surface area contributed by atoms with Crippen LogP contribution in [0.3, 0.4) is 0 Å². The lowest BCUT2D eigenvalue weighted by atomic mass is 10.1. The average Bonchev–Trinajstić information content (AvgIpc) is 3.34. The Morgan fingerprint density at radius 2 is 1.85 bits per heavy atom. The van der Waals surface area contributed by atoms with Crippen LogP contribution in [0.2, 0.25) is 0 Å². The topological polar surface area (TPSA) is 78.0 Å². The lowest BCUT2D eigenvalue weighted by Gasteiger charge is -2.38. The van der Waals surface area contributed by atoms with Crippen molar-refractivity contribution in [2.45, 2.75) is 31.3 Å². The molecule has 7 heteroatoms. The number of pyridine rings is 1. The van der Waals surface area contributed by atoms with Crippen molar-refractivity contribution in [1.82, 2.24) is 29.7 Å². The number of aromatic nitrogens is 4. The lowest BCUT2D eigenvalue weighted by molar-refractivity contribution is 0.0519. The van der Waals surface area contributed by atoms with Crippen molar-refractivity contribution in [2.75, 3.05) is 20.1 Å². The number of nitrogens with one attached hydrogen (secondary N) is 1. The highest BCUT2D eigenvalue weighted by atomic mass is 16.2. The zero-order valence-electron chi connectivity index (χ0n) is 18.6. The number of hydrogen-bond donors (Lipinski definition) is 1. The smallest absolute Gasteiger partial charge is 0.270 e. The van der Waals surface area contributed by atoms with Crippen LogP contribution in [0.5, 0.6) is 0 Å². The molecule has 2 saturated heterocycles. The van der Waals surface area contributed by atoms with Crippen molar-refractivity contribution in [3.63, 3.8) is 0 Å². The minimum absolute atomic E-state index is 0.101. The zero-order chi connectivity index (χ0) is 22.4. The number of fused-ring (bicyclic) bond motifs is 3. The number of carbonyl (C=O) groups excluding carboxylic acids is 1. The zero-order valence-corrected chi connectivity index (χ0v) is 18.6. The van der Waals surface area contributed by atoms with Gasteiger partial charge in [-0.05, 0) is 61.9 Å². The summed E-state index contributed by atoms with van der Waals surface area (Å²) in [7, 11) is 2.18. The Hall–Kier alpha value is -3.58. The van der Waals surface area contributed by atoms with Crippen LogP contribution < -0.4 is 0 Å². The third-order valence-corrected chi connectivity index (χ3v) is 7.05. The Balaban J connectivity index is 1.22. The molecule has 2 aliphatic rings. The Bertz CT molecular complexity index is 1300. The van der Waals surface area contributed by atoms with Crippen molar-refractivity contribution < 1.29 is 4.79 Å². The third kappa shape index (κ3) is 3.78. The standard InChI is InChI=1S/C26H26N6O/c1-31-19-6-7-20(31)16-32(15-19)26(33)24-14-18-12-17(5-8-21(18)29-24)13-25-28-11-9-23(30-25)22-4-2-3-10-27-22/h2-5,8-12,14,19-20,29H,6-7,13,15-16H2,1H3/t19-,20+. The highest BCUT2D eigenvalue weighted by molar-refractivity contribution is 5.98. The predicted molar refractivity (Wildman–Crippen MR) is 127 cm³/mol. The van der Waals surface area contributed by atoms with Gasteiger partial charge in [-0.3, -0.25) is 14.7 Å². The van der Waals surface area contributed by atoms with Crippen LogP contribution in [0.25, 0.3) is 22.3 Å².